The number of aromatic nitrogens is 2. The summed E-state index contributed by atoms with van der Waals surface area (Å²) in [7, 11) is 6.71. The van der Waals surface area contributed by atoms with Crippen molar-refractivity contribution in [2.24, 2.45) is 7.05 Å². The first-order chi connectivity index (χ1) is 14.9. The molecule has 0 aliphatic heterocycles. The van der Waals surface area contributed by atoms with Crippen molar-refractivity contribution in [2.45, 2.75) is 18.9 Å². The van der Waals surface area contributed by atoms with Crippen molar-refractivity contribution in [2.75, 3.05) is 21.3 Å². The number of benzene rings is 2. The molecule has 0 saturated carbocycles. The first kappa shape index (κ1) is 22.7. The van der Waals surface area contributed by atoms with Crippen molar-refractivity contribution in [3.8, 4) is 17.2 Å². The van der Waals surface area contributed by atoms with Gasteiger partial charge in [-0.1, -0.05) is 6.07 Å². The average Bonchev–Trinajstić information content (AvgIpc) is 3.21. The van der Waals surface area contributed by atoms with Crippen molar-refractivity contribution in [1.29, 1.82) is 0 Å². The Labute approximate surface area is 190 Å². The quantitative estimate of drug-likeness (QED) is 0.492. The summed E-state index contributed by atoms with van der Waals surface area (Å²) in [6, 6.07) is 10.9. The predicted molar refractivity (Wildman–Crippen MR) is 122 cm³/mol. The zero-order chi connectivity index (χ0) is 22.4. The summed E-state index contributed by atoms with van der Waals surface area (Å²) < 4.78 is 18.8. The van der Waals surface area contributed by atoms with Crippen LogP contribution in [0.4, 0.5) is 0 Å². The summed E-state index contributed by atoms with van der Waals surface area (Å²) in [6.45, 7) is 0. The number of rotatable bonds is 9. The number of aryl methyl sites for hydroxylation is 2. The summed E-state index contributed by atoms with van der Waals surface area (Å²) in [5.41, 5.74) is 1.87. The van der Waals surface area contributed by atoms with Crippen molar-refractivity contribution < 1.29 is 19.0 Å². The standard InChI is InChI=1S/C23H26BrN3O4/c1-27-10-9-25-23(27)22(16-12-17(29-2)14-18(13-16)30-3)26-21(28)8-6-15-5-7-20(31-4)19(24)11-15/h5,7,9-14,22H,6,8H2,1-4H3,(H,26,28). The molecule has 0 aliphatic carbocycles. The van der Waals surface area contributed by atoms with Gasteiger partial charge in [0.25, 0.3) is 0 Å². The SMILES string of the molecule is COc1cc(OC)cc(C(NC(=O)CCc2ccc(OC)c(Br)c2)c2nccn2C)c1. The molecule has 0 spiro atoms. The maximum Gasteiger partial charge on any atom is 0.221 e. The van der Waals surface area contributed by atoms with Crippen LogP contribution in [0, 0.1) is 0 Å². The minimum absolute atomic E-state index is 0.0817. The van der Waals surface area contributed by atoms with Crippen LogP contribution >= 0.6 is 15.9 Å². The molecule has 164 valence electrons. The number of ether oxygens (including phenoxy) is 3. The normalized spacial score (nSPS) is 11.6. The third-order valence-corrected chi connectivity index (χ3v) is 5.61. The maximum absolute atomic E-state index is 12.9. The van der Waals surface area contributed by atoms with Gasteiger partial charge in [-0.2, -0.15) is 0 Å². The second kappa shape index (κ2) is 10.3. The minimum Gasteiger partial charge on any atom is -0.497 e. The van der Waals surface area contributed by atoms with Gasteiger partial charge in [-0.15, -0.1) is 0 Å². The van der Waals surface area contributed by atoms with E-state index in [4.69, 9.17) is 14.2 Å². The number of hydrogen-bond donors (Lipinski definition) is 1. The molecule has 0 radical (unpaired) electrons. The van der Waals surface area contributed by atoms with Crippen molar-refractivity contribution in [3.63, 3.8) is 0 Å². The number of carbonyl (C=O) groups is 1. The topological polar surface area (TPSA) is 74.6 Å². The van der Waals surface area contributed by atoms with E-state index in [9.17, 15) is 4.79 Å². The number of methoxy groups -OCH3 is 3. The van der Waals surface area contributed by atoms with Crippen LogP contribution in [0.5, 0.6) is 17.2 Å². The van der Waals surface area contributed by atoms with E-state index < -0.39 is 6.04 Å². The Kier molecular flexibility index (Phi) is 7.57. The highest BCUT2D eigenvalue weighted by atomic mass is 79.9. The molecular formula is C23H26BrN3O4. The molecule has 0 aliphatic rings. The van der Waals surface area contributed by atoms with E-state index in [1.165, 1.54) is 0 Å². The Morgan fingerprint density at radius 3 is 2.35 bits per heavy atom. The largest absolute Gasteiger partial charge is 0.497 e. The second-order valence-electron chi connectivity index (χ2n) is 7.01. The van der Waals surface area contributed by atoms with Gasteiger partial charge in [0.15, 0.2) is 0 Å². The Balaban J connectivity index is 1.80. The fourth-order valence-electron chi connectivity index (χ4n) is 3.30. The van der Waals surface area contributed by atoms with E-state index in [-0.39, 0.29) is 5.91 Å². The summed E-state index contributed by atoms with van der Waals surface area (Å²) in [5, 5.41) is 3.12. The van der Waals surface area contributed by atoms with E-state index in [2.05, 4.69) is 26.2 Å². The molecule has 1 atom stereocenters. The number of carbonyl (C=O) groups excluding carboxylic acids is 1. The molecule has 0 fully saturated rings. The lowest BCUT2D eigenvalue weighted by atomic mass is 10.0. The van der Waals surface area contributed by atoms with E-state index >= 15 is 0 Å². The monoisotopic (exact) mass is 487 g/mol. The molecule has 1 N–H and O–H groups in total. The van der Waals surface area contributed by atoms with Gasteiger partial charge in [0, 0.05) is 31.9 Å². The van der Waals surface area contributed by atoms with Crippen LogP contribution in [0.2, 0.25) is 0 Å². The van der Waals surface area contributed by atoms with E-state index in [0.717, 1.165) is 27.2 Å². The zero-order valence-electron chi connectivity index (χ0n) is 18.0. The number of hydrogen-bond acceptors (Lipinski definition) is 5. The van der Waals surface area contributed by atoms with Gasteiger partial charge >= 0.3 is 0 Å². The Morgan fingerprint density at radius 2 is 1.81 bits per heavy atom. The molecule has 3 aromatic rings. The first-order valence-corrected chi connectivity index (χ1v) is 10.6. The molecule has 0 bridgehead atoms. The van der Waals surface area contributed by atoms with Crippen molar-refractivity contribution in [3.05, 3.63) is 70.2 Å². The summed E-state index contributed by atoms with van der Waals surface area (Å²) in [4.78, 5) is 17.3. The third-order valence-electron chi connectivity index (χ3n) is 4.99. The van der Waals surface area contributed by atoms with Gasteiger partial charge in [-0.05, 0) is 57.7 Å². The Hall–Kier alpha value is -3.00. The molecule has 1 aromatic heterocycles. The van der Waals surface area contributed by atoms with Crippen molar-refractivity contribution >= 4 is 21.8 Å². The predicted octanol–water partition coefficient (Wildman–Crippen LogP) is 4.05. The van der Waals surface area contributed by atoms with Crippen LogP contribution in [0.25, 0.3) is 0 Å². The molecular weight excluding hydrogens is 462 g/mol. The molecule has 2 aromatic carbocycles. The van der Waals surface area contributed by atoms with E-state index in [1.54, 1.807) is 33.6 Å². The van der Waals surface area contributed by atoms with Gasteiger partial charge in [-0.25, -0.2) is 4.98 Å². The first-order valence-electron chi connectivity index (χ1n) is 9.77. The lowest BCUT2D eigenvalue weighted by molar-refractivity contribution is -0.121. The number of amides is 1. The van der Waals surface area contributed by atoms with Crippen LogP contribution in [0.15, 0.2) is 53.3 Å². The maximum atomic E-state index is 12.9. The van der Waals surface area contributed by atoms with Crippen molar-refractivity contribution in [1.82, 2.24) is 14.9 Å². The van der Waals surface area contributed by atoms with Gasteiger partial charge in [0.1, 0.15) is 29.1 Å². The van der Waals surface area contributed by atoms with Crippen LogP contribution < -0.4 is 19.5 Å². The average molecular weight is 488 g/mol. The summed E-state index contributed by atoms with van der Waals surface area (Å²) in [6.07, 6.45) is 4.49. The van der Waals surface area contributed by atoms with Crippen LogP contribution in [0.1, 0.15) is 29.4 Å². The lowest BCUT2D eigenvalue weighted by Gasteiger charge is -2.20. The summed E-state index contributed by atoms with van der Waals surface area (Å²) >= 11 is 3.49. The fourth-order valence-corrected chi connectivity index (χ4v) is 3.89. The highest BCUT2D eigenvalue weighted by molar-refractivity contribution is 9.10. The molecule has 0 saturated heterocycles. The molecule has 3 rings (SSSR count). The molecule has 7 nitrogen and oxygen atoms in total. The number of imidazole rings is 1. The number of nitrogens with one attached hydrogen (secondary N) is 1. The smallest absolute Gasteiger partial charge is 0.221 e. The third kappa shape index (κ3) is 5.58. The minimum atomic E-state index is -0.445. The van der Waals surface area contributed by atoms with Gasteiger partial charge in [0.05, 0.1) is 25.8 Å². The van der Waals surface area contributed by atoms with Crippen LogP contribution in [0.3, 0.4) is 0 Å². The lowest BCUT2D eigenvalue weighted by Crippen LogP contribution is -2.31. The van der Waals surface area contributed by atoms with E-state index in [0.29, 0.717) is 24.3 Å². The molecule has 8 heteroatoms. The van der Waals surface area contributed by atoms with Crippen LogP contribution in [-0.2, 0) is 18.3 Å². The van der Waals surface area contributed by atoms with Gasteiger partial charge in [-0.3, -0.25) is 4.79 Å². The second-order valence-corrected chi connectivity index (χ2v) is 7.87. The highest BCUT2D eigenvalue weighted by Gasteiger charge is 2.22. The summed E-state index contributed by atoms with van der Waals surface area (Å²) in [5.74, 6) is 2.68. The number of nitrogens with zero attached hydrogens (tertiary/aromatic N) is 2. The highest BCUT2D eigenvalue weighted by Crippen LogP contribution is 2.30. The zero-order valence-corrected chi connectivity index (χ0v) is 19.6. The molecule has 31 heavy (non-hydrogen) atoms. The Bertz CT molecular complexity index is 1030. The molecule has 1 heterocycles. The fraction of sp³-hybridized carbons (Fsp3) is 0.304. The number of halogens is 1. The Morgan fingerprint density at radius 1 is 1.10 bits per heavy atom. The van der Waals surface area contributed by atoms with Crippen LogP contribution in [-0.4, -0.2) is 36.8 Å². The van der Waals surface area contributed by atoms with Gasteiger partial charge < -0.3 is 24.1 Å². The van der Waals surface area contributed by atoms with E-state index in [1.807, 2.05) is 48.1 Å². The molecule has 1 unspecified atom stereocenters. The van der Waals surface area contributed by atoms with Gasteiger partial charge in [0.2, 0.25) is 5.91 Å². The molecule has 1 amide bonds.